The average Bonchev–Trinajstić information content (AvgIpc) is 2.51. The van der Waals surface area contributed by atoms with Gasteiger partial charge in [-0.15, -0.1) is 32.9 Å². The third kappa shape index (κ3) is 4.29. The summed E-state index contributed by atoms with van der Waals surface area (Å²) in [5.41, 5.74) is 8.36. The molecule has 20 heavy (non-hydrogen) atoms. The van der Waals surface area contributed by atoms with Gasteiger partial charge >= 0.3 is 26.4 Å². The highest BCUT2D eigenvalue weighted by atomic mass is 28.5. The average molecular weight is 361 g/mol. The zero-order valence-electron chi connectivity index (χ0n) is 11.5. The topological polar surface area (TPSA) is 46.2 Å². The Hall–Kier alpha value is -0.416. The second-order valence-corrected chi connectivity index (χ2v) is 15.9. The molecule has 0 aromatic heterocycles. The summed E-state index contributed by atoms with van der Waals surface area (Å²) < 4.78 is 29.2. The Morgan fingerprint density at radius 2 is 1.45 bits per heavy atom. The summed E-state index contributed by atoms with van der Waals surface area (Å²) in [6.45, 7) is 19.0. The van der Waals surface area contributed by atoms with Gasteiger partial charge in [-0.2, -0.15) is 0 Å². The summed E-state index contributed by atoms with van der Waals surface area (Å²) in [6.07, 6.45) is 0. The summed E-state index contributed by atoms with van der Waals surface area (Å²) in [5, 5.41) is 0. The normalized spacial score (nSPS) is 28.3. The van der Waals surface area contributed by atoms with Crippen molar-refractivity contribution < 1.29 is 20.6 Å². The molecule has 0 aromatic carbocycles. The van der Waals surface area contributed by atoms with Crippen molar-refractivity contribution in [1.82, 2.24) is 0 Å². The molecule has 0 saturated carbocycles. The van der Waals surface area contributed by atoms with E-state index in [4.69, 9.17) is 20.6 Å². The zero-order valence-corrected chi connectivity index (χ0v) is 17.4. The Labute approximate surface area is 128 Å². The van der Waals surface area contributed by atoms with Crippen LogP contribution in [0.2, 0.25) is 0 Å². The van der Waals surface area contributed by atoms with E-state index in [1.807, 2.05) is 0 Å². The van der Waals surface area contributed by atoms with Gasteiger partial charge in [0.2, 0.25) is 0 Å². The Balaban J connectivity index is 3.14. The Morgan fingerprint density at radius 3 is 1.95 bits per heavy atom. The number of rotatable bonds is 5. The van der Waals surface area contributed by atoms with Crippen LogP contribution in [-0.4, -0.2) is 46.4 Å². The second-order valence-electron chi connectivity index (χ2n) is 3.83. The van der Waals surface area contributed by atoms with Crippen LogP contribution in [0.1, 0.15) is 0 Å². The molecule has 10 heteroatoms. The molecule has 1 saturated heterocycles. The Bertz CT molecular complexity index is 385. The van der Waals surface area contributed by atoms with Crippen LogP contribution in [0.3, 0.4) is 0 Å². The molecule has 1 aliphatic heterocycles. The maximum atomic E-state index is 6.17. The summed E-state index contributed by atoms with van der Waals surface area (Å²) >= 11 is 0. The maximum Gasteiger partial charge on any atom is 0.373 e. The van der Waals surface area contributed by atoms with E-state index in [0.717, 1.165) is 0 Å². The highest BCUT2D eigenvalue weighted by Crippen LogP contribution is 2.22. The molecule has 1 unspecified atom stereocenters. The molecule has 1 atom stereocenters. The predicted octanol–water partition coefficient (Wildman–Crippen LogP) is -0.189. The van der Waals surface area contributed by atoms with Crippen molar-refractivity contribution in [3.05, 3.63) is 61.4 Å². The predicted molar refractivity (Wildman–Crippen MR) is 92.2 cm³/mol. The molecule has 1 heterocycles. The van der Waals surface area contributed by atoms with Gasteiger partial charge in [0.25, 0.3) is 20.0 Å². The molecule has 110 valence electrons. The summed E-state index contributed by atoms with van der Waals surface area (Å²) in [7, 11) is -9.99. The van der Waals surface area contributed by atoms with Crippen LogP contribution in [0.4, 0.5) is 0 Å². The van der Waals surface area contributed by atoms with Crippen molar-refractivity contribution in [2.24, 2.45) is 0 Å². The van der Waals surface area contributed by atoms with Crippen molar-refractivity contribution in [2.45, 2.75) is 0 Å². The summed E-state index contributed by atoms with van der Waals surface area (Å²) in [5.74, 6) is 0. The quantitative estimate of drug-likeness (QED) is 0.636. The van der Waals surface area contributed by atoms with Gasteiger partial charge < -0.3 is 20.6 Å². The van der Waals surface area contributed by atoms with Crippen LogP contribution in [0, 0.1) is 0 Å². The van der Waals surface area contributed by atoms with Gasteiger partial charge in [-0.05, 0) is 22.8 Å². The fourth-order valence-electron chi connectivity index (χ4n) is 1.46. The van der Waals surface area contributed by atoms with Crippen molar-refractivity contribution in [3.63, 3.8) is 0 Å². The van der Waals surface area contributed by atoms with E-state index in [-0.39, 0.29) is 0 Å². The van der Waals surface area contributed by atoms with Crippen molar-refractivity contribution in [1.29, 1.82) is 0 Å². The van der Waals surface area contributed by atoms with Crippen LogP contribution in [-0.2, 0) is 20.6 Å². The molecule has 0 spiro atoms. The first kappa shape index (κ1) is 17.6. The molecule has 0 aromatic rings. The smallest absolute Gasteiger partial charge is 0.373 e. The van der Waals surface area contributed by atoms with E-state index in [2.05, 4.69) is 32.9 Å². The molecule has 0 bridgehead atoms. The molecular formula is C10H20O5Si5. The molecule has 0 aliphatic carbocycles. The standard InChI is InChI=1S/C10H20O5Si5/c1-6-18-12-16-11-17-13-19(7-2,8-3)15-20(9-4,10-5)14-18/h6-10,18H,1-5,16-17H2. The van der Waals surface area contributed by atoms with Crippen LogP contribution < -0.4 is 0 Å². The van der Waals surface area contributed by atoms with Crippen molar-refractivity contribution in [3.8, 4) is 0 Å². The van der Waals surface area contributed by atoms with Gasteiger partial charge in [-0.25, -0.2) is 0 Å². The summed E-state index contributed by atoms with van der Waals surface area (Å²) in [6, 6.07) is 0. The first-order chi connectivity index (χ1) is 9.59. The molecule has 0 amide bonds. The first-order valence-electron chi connectivity index (χ1n) is 5.97. The lowest BCUT2D eigenvalue weighted by Gasteiger charge is -2.36. The zero-order chi connectivity index (χ0) is 15.1. The van der Waals surface area contributed by atoms with E-state index in [0.29, 0.717) is 0 Å². The van der Waals surface area contributed by atoms with Crippen LogP contribution in [0.15, 0.2) is 61.4 Å². The van der Waals surface area contributed by atoms with Crippen LogP contribution in [0.5, 0.6) is 0 Å². The highest BCUT2D eigenvalue weighted by Gasteiger charge is 2.44. The van der Waals surface area contributed by atoms with Gasteiger partial charge in [0.1, 0.15) is 0 Å². The minimum absolute atomic E-state index is 1.12. The van der Waals surface area contributed by atoms with E-state index in [1.165, 1.54) is 0 Å². The van der Waals surface area contributed by atoms with E-state index in [1.54, 1.807) is 28.5 Å². The second kappa shape index (κ2) is 8.13. The van der Waals surface area contributed by atoms with E-state index < -0.39 is 46.4 Å². The SMILES string of the molecule is C=C[SiH]1O[SiH2]O[SiH2]O[Si](C=C)(C=C)O[Si](C=C)(C=C)O1. The monoisotopic (exact) mass is 360 g/mol. The minimum atomic E-state index is -2.85. The fourth-order valence-corrected chi connectivity index (χ4v) is 15.4. The van der Waals surface area contributed by atoms with Gasteiger partial charge in [0, 0.05) is 0 Å². The Morgan fingerprint density at radius 1 is 0.850 bits per heavy atom. The van der Waals surface area contributed by atoms with Crippen LogP contribution >= 0.6 is 0 Å². The van der Waals surface area contributed by atoms with Gasteiger partial charge in [-0.3, -0.25) is 0 Å². The third-order valence-electron chi connectivity index (χ3n) is 2.63. The molecule has 1 aliphatic rings. The lowest BCUT2D eigenvalue weighted by atomic mass is 11.2. The largest absolute Gasteiger partial charge is 0.425 e. The molecular weight excluding hydrogens is 341 g/mol. The van der Waals surface area contributed by atoms with Gasteiger partial charge in [0.15, 0.2) is 0 Å². The Kier molecular flexibility index (Phi) is 7.17. The van der Waals surface area contributed by atoms with Gasteiger partial charge in [0.05, 0.1) is 0 Å². The molecule has 0 radical (unpaired) electrons. The highest BCUT2D eigenvalue weighted by molar-refractivity contribution is 6.94. The van der Waals surface area contributed by atoms with E-state index >= 15 is 0 Å². The third-order valence-corrected chi connectivity index (χ3v) is 15.7. The van der Waals surface area contributed by atoms with E-state index in [9.17, 15) is 0 Å². The van der Waals surface area contributed by atoms with Crippen molar-refractivity contribution in [2.75, 3.05) is 0 Å². The maximum absolute atomic E-state index is 6.17. The van der Waals surface area contributed by atoms with Crippen LogP contribution in [0.25, 0.3) is 0 Å². The summed E-state index contributed by atoms with van der Waals surface area (Å²) in [4.78, 5) is 0. The first-order valence-corrected chi connectivity index (χ1v) is 13.8. The molecule has 1 rings (SSSR count). The van der Waals surface area contributed by atoms with Gasteiger partial charge in [-0.1, -0.05) is 5.70 Å². The lowest BCUT2D eigenvalue weighted by molar-refractivity contribution is 0.301. The molecule has 0 N–H and O–H groups in total. The minimum Gasteiger partial charge on any atom is -0.425 e. The lowest BCUT2D eigenvalue weighted by Crippen LogP contribution is -2.56. The molecule has 1 fully saturated rings. The molecule has 5 nitrogen and oxygen atoms in total. The number of hydrogen-bond donors (Lipinski definition) is 0. The number of hydrogen-bond acceptors (Lipinski definition) is 5. The van der Waals surface area contributed by atoms with Crippen molar-refractivity contribution >= 4 is 46.4 Å². The fraction of sp³-hybridized carbons (Fsp3) is 0.